The van der Waals surface area contributed by atoms with Gasteiger partial charge in [0.05, 0.1) is 33.6 Å². The first kappa shape index (κ1) is 40.7. The molecule has 2 aromatic heterocycles. The van der Waals surface area contributed by atoms with Crippen molar-refractivity contribution in [1.29, 1.82) is 0 Å². The Kier molecular flexibility index (Phi) is 15.9. The largest absolute Gasteiger partial charge is 1.00 e. The number of aromatic carboxylic acids is 1. The molecular weight excluding hydrogens is 661 g/mol. The van der Waals surface area contributed by atoms with Crippen LogP contribution < -0.4 is 78.8 Å². The van der Waals surface area contributed by atoms with Crippen molar-refractivity contribution in [1.82, 2.24) is 13.9 Å². The van der Waals surface area contributed by atoms with Gasteiger partial charge in [-0.3, -0.25) is 4.98 Å². The number of pyridine rings is 1. The van der Waals surface area contributed by atoms with E-state index in [2.05, 4.69) is 9.97 Å². The average molecular weight is 686 g/mol. The zero-order valence-electron chi connectivity index (χ0n) is 24.9. The number of fused-ring (bicyclic) bond motifs is 1. The predicted molar refractivity (Wildman–Crippen MR) is 145 cm³/mol. The molecule has 0 fully saturated rings. The van der Waals surface area contributed by atoms with Crippen molar-refractivity contribution in [2.24, 2.45) is 0 Å². The van der Waals surface area contributed by atoms with Gasteiger partial charge in [0.25, 0.3) is 10.0 Å². The first-order valence-corrected chi connectivity index (χ1v) is 14.9. The van der Waals surface area contributed by atoms with Crippen molar-refractivity contribution in [3.05, 3.63) is 71.5 Å². The molecule has 0 bridgehead atoms. The number of aromatic nitrogens is 3. The number of aliphatic carboxylic acids is 1. The van der Waals surface area contributed by atoms with Gasteiger partial charge in [0.1, 0.15) is 18.1 Å². The fraction of sp³-hybridized carbons (Fsp3) is 0.259. The minimum atomic E-state index is -4.54. The topological polar surface area (TPSA) is 164 Å². The molecule has 0 saturated carbocycles. The monoisotopic (exact) mass is 685 g/mol. The summed E-state index contributed by atoms with van der Waals surface area (Å²) in [7, 11) is -4.52. The Hall–Kier alpha value is -2.31. The molecule has 0 amide bonds. The van der Waals surface area contributed by atoms with Crippen LogP contribution in [0.4, 0.5) is 13.2 Å². The Morgan fingerprint density at radius 3 is 2.29 bits per heavy atom. The van der Waals surface area contributed by atoms with Gasteiger partial charge < -0.3 is 29.3 Å². The maximum absolute atomic E-state index is 13.8. The number of benzene rings is 2. The third-order valence-corrected chi connectivity index (χ3v) is 8.30. The second-order valence-electron chi connectivity index (χ2n) is 8.33. The third-order valence-electron chi connectivity index (χ3n) is 5.53. The first-order chi connectivity index (χ1) is 20.3. The fourth-order valence-electron chi connectivity index (χ4n) is 3.66. The van der Waals surface area contributed by atoms with Crippen LogP contribution >= 0.6 is 11.8 Å². The molecule has 4 aromatic rings. The van der Waals surface area contributed by atoms with E-state index in [0.717, 1.165) is 33.9 Å². The fourth-order valence-corrected chi connectivity index (χ4v) is 6.42. The first-order valence-electron chi connectivity index (χ1n) is 12.5. The number of carbonyl (C=O) groups excluding carboxylic acids is 2. The molecule has 0 atom stereocenters. The van der Waals surface area contributed by atoms with Gasteiger partial charge in [-0.15, -0.1) is 0 Å². The molecule has 18 heteroatoms. The summed E-state index contributed by atoms with van der Waals surface area (Å²) < 4.78 is 76.1. The summed E-state index contributed by atoms with van der Waals surface area (Å²) in [5.41, 5.74) is 0.384. The Morgan fingerprint density at radius 1 is 1.00 bits per heavy atom. The molecule has 0 aliphatic rings. The average Bonchev–Trinajstić information content (AvgIpc) is 3.34. The SMILES string of the molecule is CC.Cc1c(OCC(F)(F)F)ccnc1CSc1nc2ccccc2n1S(=O)(=O)c1ccc(OCC(=O)[O-])c(C(=O)[O-])c1.[Na+].[Na+]. The summed E-state index contributed by atoms with van der Waals surface area (Å²) >= 11 is 0.926. The Morgan fingerprint density at radius 2 is 1.67 bits per heavy atom. The normalized spacial score (nSPS) is 11.0. The number of hydrogen-bond acceptors (Lipinski definition) is 11. The summed E-state index contributed by atoms with van der Waals surface area (Å²) in [6, 6.07) is 10.3. The molecule has 2 heterocycles. The predicted octanol–water partition coefficient (Wildman–Crippen LogP) is -3.26. The smallest absolute Gasteiger partial charge is 0.546 e. The van der Waals surface area contributed by atoms with Gasteiger partial charge in [-0.2, -0.15) is 13.2 Å². The summed E-state index contributed by atoms with van der Waals surface area (Å²) in [6.07, 6.45) is -3.28. The van der Waals surface area contributed by atoms with Crippen molar-refractivity contribution >= 4 is 44.8 Å². The molecule has 0 aliphatic carbocycles. The third kappa shape index (κ3) is 10.3. The summed E-state index contributed by atoms with van der Waals surface area (Å²) in [4.78, 5) is 30.5. The number of carbonyl (C=O) groups is 2. The van der Waals surface area contributed by atoms with Gasteiger partial charge >= 0.3 is 65.3 Å². The number of halogens is 3. The van der Waals surface area contributed by atoms with Crippen LogP contribution in [0.1, 0.15) is 35.5 Å². The number of thioether (sulfide) groups is 1. The minimum Gasteiger partial charge on any atom is -0.546 e. The van der Waals surface area contributed by atoms with Gasteiger partial charge in [0.2, 0.25) is 0 Å². The van der Waals surface area contributed by atoms with Crippen LogP contribution in [-0.4, -0.2) is 53.7 Å². The number of imidazole rings is 1. The molecule has 0 unspecified atom stereocenters. The van der Waals surface area contributed by atoms with E-state index in [-0.39, 0.29) is 81.3 Å². The van der Waals surface area contributed by atoms with Crippen molar-refractivity contribution in [2.45, 2.75) is 42.8 Å². The van der Waals surface area contributed by atoms with Gasteiger partial charge in [-0.1, -0.05) is 37.7 Å². The summed E-state index contributed by atoms with van der Waals surface area (Å²) in [6.45, 7) is 3.04. The Balaban J connectivity index is 0.00000248. The molecule has 0 radical (unpaired) electrons. The number of nitrogens with zero attached hydrogens (tertiary/aromatic N) is 3. The van der Waals surface area contributed by atoms with Crippen molar-refractivity contribution in [3.8, 4) is 11.5 Å². The molecule has 0 saturated heterocycles. The van der Waals surface area contributed by atoms with Crippen LogP contribution in [0.3, 0.4) is 0 Å². The van der Waals surface area contributed by atoms with Gasteiger partial charge in [0.15, 0.2) is 11.8 Å². The molecule has 4 rings (SSSR count). The zero-order valence-corrected chi connectivity index (χ0v) is 30.5. The van der Waals surface area contributed by atoms with E-state index in [1.165, 1.54) is 25.3 Å². The maximum Gasteiger partial charge on any atom is 1.00 e. The number of rotatable bonds is 11. The molecule has 0 spiro atoms. The molecule has 230 valence electrons. The Bertz CT molecular complexity index is 1750. The van der Waals surface area contributed by atoms with Crippen molar-refractivity contribution < 1.29 is 110 Å². The molecule has 2 aromatic carbocycles. The minimum absolute atomic E-state index is 0. The van der Waals surface area contributed by atoms with Gasteiger partial charge in [0, 0.05) is 23.1 Å². The molecule has 0 aliphatic heterocycles. The Labute approximate surface area is 305 Å². The standard InChI is InChI=1S/C25H20F3N3O8S2.C2H6.2Na/c1-14-18(29-9-8-20(14)39-13-25(26,27)28)12-40-24-30-17-4-2-3-5-19(17)31(24)41(36,37)15-6-7-21(38-11-22(32)33)16(10-15)23(34)35;1-2;;/h2-10H,11-13H2,1H3,(H,32,33)(H,34,35);1-2H3;;/q;;2*+1/p-2. The van der Waals surface area contributed by atoms with Crippen LogP contribution in [0.5, 0.6) is 11.5 Å². The number of ether oxygens (including phenoxy) is 2. The molecular formula is C27H24F3N3Na2O8S2. The van der Waals surface area contributed by atoms with Crippen LogP contribution in [0.25, 0.3) is 11.0 Å². The van der Waals surface area contributed by atoms with Gasteiger partial charge in [-0.25, -0.2) is 17.4 Å². The number of carboxylic acids is 2. The van der Waals surface area contributed by atoms with E-state index < -0.39 is 57.6 Å². The zero-order chi connectivity index (χ0) is 31.9. The molecule has 11 nitrogen and oxygen atoms in total. The van der Waals surface area contributed by atoms with Gasteiger partial charge in [-0.05, 0) is 43.3 Å². The second kappa shape index (κ2) is 17.6. The maximum atomic E-state index is 13.8. The van der Waals surface area contributed by atoms with Crippen LogP contribution in [0.2, 0.25) is 0 Å². The number of hydrogen-bond donors (Lipinski definition) is 0. The van der Waals surface area contributed by atoms with E-state index in [9.17, 15) is 41.4 Å². The van der Waals surface area contributed by atoms with Crippen LogP contribution in [0, 0.1) is 6.92 Å². The quantitative estimate of drug-likeness (QED) is 0.115. The van der Waals surface area contributed by atoms with E-state index in [0.29, 0.717) is 16.8 Å². The van der Waals surface area contributed by atoms with Crippen molar-refractivity contribution in [3.63, 3.8) is 0 Å². The molecule has 0 N–H and O–H groups in total. The van der Waals surface area contributed by atoms with E-state index in [1.807, 2.05) is 13.8 Å². The van der Waals surface area contributed by atoms with E-state index >= 15 is 0 Å². The number of para-hydroxylation sites is 2. The van der Waals surface area contributed by atoms with Crippen molar-refractivity contribution in [2.75, 3.05) is 13.2 Å². The van der Waals surface area contributed by atoms with Crippen LogP contribution in [-0.2, 0) is 20.6 Å². The van der Waals surface area contributed by atoms with E-state index in [1.54, 1.807) is 18.2 Å². The number of alkyl halides is 3. The van der Waals surface area contributed by atoms with E-state index in [4.69, 9.17) is 9.47 Å². The summed E-state index contributed by atoms with van der Waals surface area (Å²) in [5.74, 6) is -3.92. The molecule has 45 heavy (non-hydrogen) atoms. The van der Waals surface area contributed by atoms with Crippen LogP contribution in [0.15, 0.2) is 64.8 Å². The number of carboxylic acid groups (broad SMARTS) is 2. The second-order valence-corrected chi connectivity index (χ2v) is 11.1. The summed E-state index contributed by atoms with van der Waals surface area (Å²) in [5, 5.41) is 22.3.